The molecule has 0 fully saturated rings. The Morgan fingerprint density at radius 1 is 1.54 bits per heavy atom. The van der Waals surface area contributed by atoms with Crippen molar-refractivity contribution in [2.75, 3.05) is 0 Å². The molecule has 0 aliphatic heterocycles. The SMILES string of the molecule is CC[C@H](C)Oc1nc(C)ccc1O. The minimum atomic E-state index is 0.0835. The third-order valence-electron chi connectivity index (χ3n) is 1.87. The standard InChI is InChI=1S/C10H15NO2/c1-4-8(3)13-10-9(12)6-5-7(2)11-10/h5-6,8,12H,4H2,1-3H3/t8-/m0/s1. The zero-order chi connectivity index (χ0) is 9.84. The van der Waals surface area contributed by atoms with Gasteiger partial charge in [-0.05, 0) is 32.4 Å². The molecule has 0 radical (unpaired) electrons. The molecule has 1 rings (SSSR count). The van der Waals surface area contributed by atoms with Gasteiger partial charge in [0.05, 0.1) is 6.10 Å². The molecule has 0 saturated carbocycles. The Hall–Kier alpha value is -1.25. The van der Waals surface area contributed by atoms with Gasteiger partial charge in [0, 0.05) is 5.69 Å². The molecule has 0 saturated heterocycles. The van der Waals surface area contributed by atoms with E-state index in [9.17, 15) is 5.11 Å². The molecule has 0 aliphatic carbocycles. The minimum absolute atomic E-state index is 0.0835. The highest BCUT2D eigenvalue weighted by Gasteiger charge is 2.07. The molecule has 0 aromatic carbocycles. The number of hydrogen-bond acceptors (Lipinski definition) is 3. The third kappa shape index (κ3) is 2.61. The summed E-state index contributed by atoms with van der Waals surface area (Å²) in [7, 11) is 0. The number of aryl methyl sites for hydroxylation is 1. The molecule has 0 spiro atoms. The van der Waals surface area contributed by atoms with Gasteiger partial charge in [-0.1, -0.05) is 6.92 Å². The highest BCUT2D eigenvalue weighted by molar-refractivity contribution is 5.32. The fourth-order valence-corrected chi connectivity index (χ4v) is 0.886. The second-order valence-electron chi connectivity index (χ2n) is 3.11. The second kappa shape index (κ2) is 4.12. The van der Waals surface area contributed by atoms with Crippen LogP contribution >= 0.6 is 0 Å². The first-order chi connectivity index (χ1) is 6.13. The number of aromatic hydroxyl groups is 1. The topological polar surface area (TPSA) is 42.4 Å². The van der Waals surface area contributed by atoms with Gasteiger partial charge in [0.1, 0.15) is 0 Å². The lowest BCUT2D eigenvalue weighted by molar-refractivity contribution is 0.199. The lowest BCUT2D eigenvalue weighted by atomic mass is 10.3. The van der Waals surface area contributed by atoms with Crippen LogP contribution in [0.1, 0.15) is 26.0 Å². The summed E-state index contributed by atoms with van der Waals surface area (Å²) < 4.78 is 5.41. The molecule has 72 valence electrons. The molecule has 1 atom stereocenters. The number of ether oxygens (including phenoxy) is 1. The number of pyridine rings is 1. The average molecular weight is 181 g/mol. The van der Waals surface area contributed by atoms with Gasteiger partial charge in [-0.15, -0.1) is 0 Å². The Balaban J connectivity index is 2.81. The van der Waals surface area contributed by atoms with Gasteiger partial charge in [-0.2, -0.15) is 0 Å². The molecular formula is C10H15NO2. The Morgan fingerprint density at radius 2 is 2.23 bits per heavy atom. The van der Waals surface area contributed by atoms with Crippen LogP contribution in [0.2, 0.25) is 0 Å². The minimum Gasteiger partial charge on any atom is -0.503 e. The third-order valence-corrected chi connectivity index (χ3v) is 1.87. The molecule has 3 nitrogen and oxygen atoms in total. The van der Waals surface area contributed by atoms with Crippen LogP contribution in [0, 0.1) is 6.92 Å². The molecular weight excluding hydrogens is 166 g/mol. The van der Waals surface area contributed by atoms with Gasteiger partial charge in [-0.3, -0.25) is 0 Å². The van der Waals surface area contributed by atoms with Gasteiger partial charge < -0.3 is 9.84 Å². The lowest BCUT2D eigenvalue weighted by Gasteiger charge is -2.12. The summed E-state index contributed by atoms with van der Waals surface area (Å²) in [6, 6.07) is 3.35. The first-order valence-electron chi connectivity index (χ1n) is 4.46. The largest absolute Gasteiger partial charge is 0.503 e. The van der Waals surface area contributed by atoms with Crippen molar-refractivity contribution in [1.82, 2.24) is 4.98 Å². The smallest absolute Gasteiger partial charge is 0.257 e. The van der Waals surface area contributed by atoms with Gasteiger partial charge in [-0.25, -0.2) is 4.98 Å². The van der Waals surface area contributed by atoms with Crippen LogP contribution in [0.4, 0.5) is 0 Å². The lowest BCUT2D eigenvalue weighted by Crippen LogP contribution is -2.11. The summed E-state index contributed by atoms with van der Waals surface area (Å²) in [6.07, 6.45) is 0.981. The number of aromatic nitrogens is 1. The van der Waals surface area contributed by atoms with Gasteiger partial charge >= 0.3 is 0 Å². The molecule has 1 heterocycles. The van der Waals surface area contributed by atoms with E-state index in [1.54, 1.807) is 12.1 Å². The summed E-state index contributed by atoms with van der Waals surface area (Å²) >= 11 is 0. The van der Waals surface area contributed by atoms with E-state index < -0.39 is 0 Å². The van der Waals surface area contributed by atoms with E-state index in [4.69, 9.17) is 4.74 Å². The number of hydrogen-bond donors (Lipinski definition) is 1. The summed E-state index contributed by atoms with van der Waals surface area (Å²) in [6.45, 7) is 5.84. The molecule has 3 heteroatoms. The molecule has 1 aromatic heterocycles. The Kier molecular flexibility index (Phi) is 3.12. The maximum Gasteiger partial charge on any atom is 0.257 e. The van der Waals surface area contributed by atoms with Crippen LogP contribution in [0.25, 0.3) is 0 Å². The first-order valence-corrected chi connectivity index (χ1v) is 4.46. The summed E-state index contributed by atoms with van der Waals surface area (Å²) in [5.74, 6) is 0.431. The zero-order valence-electron chi connectivity index (χ0n) is 8.24. The number of nitrogens with zero attached hydrogens (tertiary/aromatic N) is 1. The Morgan fingerprint density at radius 3 is 2.85 bits per heavy atom. The summed E-state index contributed by atoms with van der Waals surface area (Å²) in [5.41, 5.74) is 0.844. The van der Waals surface area contributed by atoms with Crippen LogP contribution in [0.15, 0.2) is 12.1 Å². The highest BCUT2D eigenvalue weighted by atomic mass is 16.5. The van der Waals surface area contributed by atoms with Crippen molar-refractivity contribution in [1.29, 1.82) is 0 Å². The van der Waals surface area contributed by atoms with Crippen LogP contribution in [0.3, 0.4) is 0 Å². The maximum absolute atomic E-state index is 9.39. The zero-order valence-corrected chi connectivity index (χ0v) is 8.24. The predicted molar refractivity (Wildman–Crippen MR) is 51.0 cm³/mol. The maximum atomic E-state index is 9.39. The van der Waals surface area contributed by atoms with E-state index in [1.807, 2.05) is 20.8 Å². The van der Waals surface area contributed by atoms with Crippen molar-refractivity contribution in [3.8, 4) is 11.6 Å². The fourth-order valence-electron chi connectivity index (χ4n) is 0.886. The van der Waals surface area contributed by atoms with Crippen molar-refractivity contribution in [2.24, 2.45) is 0 Å². The normalized spacial score (nSPS) is 12.5. The van der Waals surface area contributed by atoms with Crippen molar-refractivity contribution in [3.05, 3.63) is 17.8 Å². The van der Waals surface area contributed by atoms with Gasteiger partial charge in [0.2, 0.25) is 0 Å². The molecule has 0 unspecified atom stereocenters. The van der Waals surface area contributed by atoms with Crippen LogP contribution in [0.5, 0.6) is 11.6 Å². The molecule has 1 aromatic rings. The van der Waals surface area contributed by atoms with Gasteiger partial charge in [0.15, 0.2) is 5.75 Å². The van der Waals surface area contributed by atoms with E-state index in [-0.39, 0.29) is 11.9 Å². The average Bonchev–Trinajstić information content (AvgIpc) is 2.11. The summed E-state index contributed by atoms with van der Waals surface area (Å²) in [4.78, 5) is 4.09. The predicted octanol–water partition coefficient (Wildman–Crippen LogP) is 2.27. The monoisotopic (exact) mass is 181 g/mol. The molecule has 0 amide bonds. The van der Waals surface area contributed by atoms with Crippen LogP contribution in [-0.4, -0.2) is 16.2 Å². The second-order valence-corrected chi connectivity index (χ2v) is 3.11. The highest BCUT2D eigenvalue weighted by Crippen LogP contribution is 2.24. The van der Waals surface area contributed by atoms with Crippen LogP contribution in [-0.2, 0) is 0 Å². The molecule has 0 aliphatic rings. The summed E-state index contributed by atoms with van der Waals surface area (Å²) in [5, 5.41) is 9.39. The van der Waals surface area contributed by atoms with Gasteiger partial charge in [0.25, 0.3) is 5.88 Å². The first kappa shape index (κ1) is 9.84. The molecule has 13 heavy (non-hydrogen) atoms. The van der Waals surface area contributed by atoms with E-state index in [0.717, 1.165) is 12.1 Å². The van der Waals surface area contributed by atoms with E-state index in [2.05, 4.69) is 4.98 Å². The van der Waals surface area contributed by atoms with Crippen molar-refractivity contribution in [3.63, 3.8) is 0 Å². The molecule has 0 bridgehead atoms. The van der Waals surface area contributed by atoms with Crippen LogP contribution < -0.4 is 4.74 Å². The van der Waals surface area contributed by atoms with E-state index in [0.29, 0.717) is 5.88 Å². The van der Waals surface area contributed by atoms with E-state index in [1.165, 1.54) is 0 Å². The number of rotatable bonds is 3. The van der Waals surface area contributed by atoms with Crippen molar-refractivity contribution >= 4 is 0 Å². The molecule has 1 N–H and O–H groups in total. The fraction of sp³-hybridized carbons (Fsp3) is 0.500. The Labute approximate surface area is 78.4 Å². The van der Waals surface area contributed by atoms with Crippen molar-refractivity contribution in [2.45, 2.75) is 33.3 Å². The van der Waals surface area contributed by atoms with E-state index >= 15 is 0 Å². The Bertz CT molecular complexity index is 286. The quantitative estimate of drug-likeness (QED) is 0.777. The van der Waals surface area contributed by atoms with Crippen molar-refractivity contribution < 1.29 is 9.84 Å².